The van der Waals surface area contributed by atoms with Crippen LogP contribution in [0.2, 0.25) is 5.02 Å². The van der Waals surface area contributed by atoms with Crippen molar-refractivity contribution in [3.63, 3.8) is 0 Å². The number of halogens is 1. The van der Waals surface area contributed by atoms with Crippen LogP contribution in [0.1, 0.15) is 20.9 Å². The number of thiophene rings is 1. The fourth-order valence-corrected chi connectivity index (χ4v) is 4.51. The molecule has 1 N–H and O–H groups in total. The Hall–Kier alpha value is -2.37. The van der Waals surface area contributed by atoms with E-state index in [1.54, 1.807) is 0 Å². The van der Waals surface area contributed by atoms with Crippen molar-refractivity contribution in [1.82, 2.24) is 14.7 Å². The molecule has 0 aliphatic heterocycles. The molecule has 126 valence electrons. The average molecular weight is 370 g/mol. The van der Waals surface area contributed by atoms with Gasteiger partial charge < -0.3 is 9.72 Å². The molecule has 0 aliphatic carbocycles. The Bertz CT molecular complexity index is 1050. The molecule has 0 spiro atoms. The van der Waals surface area contributed by atoms with Crippen molar-refractivity contribution in [1.29, 1.82) is 0 Å². The zero-order valence-electron chi connectivity index (χ0n) is 13.6. The Morgan fingerprint density at radius 2 is 2.16 bits per heavy atom. The number of fused-ring (bicyclic) bond motifs is 2. The van der Waals surface area contributed by atoms with E-state index in [0.29, 0.717) is 22.9 Å². The van der Waals surface area contributed by atoms with Gasteiger partial charge in [-0.25, -0.2) is 4.98 Å². The van der Waals surface area contributed by atoms with Crippen LogP contribution in [-0.2, 0) is 6.42 Å². The lowest BCUT2D eigenvalue weighted by atomic mass is 10.1. The molecule has 25 heavy (non-hydrogen) atoms. The minimum atomic E-state index is -0.130. The van der Waals surface area contributed by atoms with Crippen molar-refractivity contribution in [2.45, 2.75) is 13.3 Å². The molecule has 4 rings (SSSR count). The molecule has 6 heteroatoms. The van der Waals surface area contributed by atoms with E-state index in [4.69, 9.17) is 11.6 Å². The number of amides is 1. The largest absolute Gasteiger partial charge is 0.351 e. The van der Waals surface area contributed by atoms with Gasteiger partial charge in [-0.15, -0.1) is 11.3 Å². The van der Waals surface area contributed by atoms with E-state index in [-0.39, 0.29) is 5.91 Å². The summed E-state index contributed by atoms with van der Waals surface area (Å²) in [5.74, 6) is -0.130. The first kappa shape index (κ1) is 16.1. The van der Waals surface area contributed by atoms with Crippen LogP contribution >= 0.6 is 22.9 Å². The molecule has 0 saturated carbocycles. The number of imidazole rings is 1. The van der Waals surface area contributed by atoms with Gasteiger partial charge in [-0.3, -0.25) is 4.79 Å². The van der Waals surface area contributed by atoms with Crippen LogP contribution in [0.15, 0.2) is 48.8 Å². The number of nitrogens with one attached hydrogen (secondary N) is 1. The third kappa shape index (κ3) is 3.01. The molecule has 3 heterocycles. The zero-order chi connectivity index (χ0) is 17.4. The van der Waals surface area contributed by atoms with Gasteiger partial charge >= 0.3 is 0 Å². The highest BCUT2D eigenvalue weighted by atomic mass is 35.5. The molecular weight excluding hydrogens is 354 g/mol. The van der Waals surface area contributed by atoms with Gasteiger partial charge in [0, 0.05) is 35.4 Å². The number of pyridine rings is 1. The number of hydrogen-bond acceptors (Lipinski definition) is 3. The van der Waals surface area contributed by atoms with Crippen molar-refractivity contribution in [2.24, 2.45) is 0 Å². The van der Waals surface area contributed by atoms with E-state index >= 15 is 0 Å². The second kappa shape index (κ2) is 6.50. The molecule has 4 nitrogen and oxygen atoms in total. The molecule has 1 amide bonds. The maximum absolute atomic E-state index is 12.5. The smallest absolute Gasteiger partial charge is 0.262 e. The Balaban J connectivity index is 1.47. The highest BCUT2D eigenvalue weighted by Gasteiger charge is 2.18. The predicted octanol–water partition coefficient (Wildman–Crippen LogP) is 4.48. The molecule has 0 aliphatic rings. The summed E-state index contributed by atoms with van der Waals surface area (Å²) >= 11 is 7.87. The first-order valence-corrected chi connectivity index (χ1v) is 9.21. The van der Waals surface area contributed by atoms with Gasteiger partial charge in [-0.2, -0.15) is 0 Å². The Labute approximate surface area is 154 Å². The standard InChI is InChI=1S/C19H16ClN3OS/c1-12-5-4-6-14-16(12)17(20)18(25-14)19(24)21-9-8-13-11-23-10-3-2-7-15(23)22-13/h2-7,10-11H,8-9H2,1H3,(H,21,24). The average Bonchev–Trinajstić information content (AvgIpc) is 3.16. The molecule has 0 bridgehead atoms. The molecule has 0 atom stereocenters. The number of hydrogen-bond donors (Lipinski definition) is 1. The lowest BCUT2D eigenvalue weighted by Gasteiger charge is -2.02. The molecule has 1 aromatic carbocycles. The van der Waals surface area contributed by atoms with Crippen molar-refractivity contribution in [3.8, 4) is 0 Å². The summed E-state index contributed by atoms with van der Waals surface area (Å²) in [4.78, 5) is 17.6. The fraction of sp³-hybridized carbons (Fsp3) is 0.158. The van der Waals surface area contributed by atoms with Crippen molar-refractivity contribution in [2.75, 3.05) is 6.54 Å². The van der Waals surface area contributed by atoms with Gasteiger partial charge in [-0.05, 0) is 30.7 Å². The highest BCUT2D eigenvalue weighted by Crippen LogP contribution is 2.37. The molecular formula is C19H16ClN3OS. The first-order valence-electron chi connectivity index (χ1n) is 8.02. The normalized spacial score (nSPS) is 11.3. The summed E-state index contributed by atoms with van der Waals surface area (Å²) < 4.78 is 3.01. The third-order valence-electron chi connectivity index (χ3n) is 4.15. The van der Waals surface area contributed by atoms with Gasteiger partial charge in [0.1, 0.15) is 10.5 Å². The molecule has 0 saturated heterocycles. The summed E-state index contributed by atoms with van der Waals surface area (Å²) in [5, 5.41) is 4.47. The van der Waals surface area contributed by atoms with E-state index in [1.165, 1.54) is 11.3 Å². The lowest BCUT2D eigenvalue weighted by molar-refractivity contribution is 0.0958. The van der Waals surface area contributed by atoms with Gasteiger partial charge in [-0.1, -0.05) is 29.8 Å². The molecule has 4 aromatic rings. The quantitative estimate of drug-likeness (QED) is 0.576. The maximum atomic E-state index is 12.5. The van der Waals surface area contributed by atoms with E-state index < -0.39 is 0 Å². The summed E-state index contributed by atoms with van der Waals surface area (Å²) in [7, 11) is 0. The van der Waals surface area contributed by atoms with Crippen LogP contribution in [0.5, 0.6) is 0 Å². The van der Waals surface area contributed by atoms with Crippen LogP contribution in [0.4, 0.5) is 0 Å². The zero-order valence-corrected chi connectivity index (χ0v) is 15.2. The Morgan fingerprint density at radius 3 is 2.96 bits per heavy atom. The van der Waals surface area contributed by atoms with Crippen LogP contribution in [0.25, 0.3) is 15.7 Å². The van der Waals surface area contributed by atoms with Crippen LogP contribution in [0, 0.1) is 6.92 Å². The predicted molar refractivity (Wildman–Crippen MR) is 103 cm³/mol. The number of carbonyl (C=O) groups is 1. The van der Waals surface area contributed by atoms with Crippen LogP contribution in [0.3, 0.4) is 0 Å². The summed E-state index contributed by atoms with van der Waals surface area (Å²) in [6.45, 7) is 2.53. The summed E-state index contributed by atoms with van der Waals surface area (Å²) in [6, 6.07) is 11.9. The van der Waals surface area contributed by atoms with Crippen molar-refractivity contribution < 1.29 is 4.79 Å². The molecule has 0 radical (unpaired) electrons. The van der Waals surface area contributed by atoms with Gasteiger partial charge in [0.15, 0.2) is 0 Å². The Morgan fingerprint density at radius 1 is 1.28 bits per heavy atom. The number of rotatable bonds is 4. The minimum Gasteiger partial charge on any atom is -0.351 e. The highest BCUT2D eigenvalue weighted by molar-refractivity contribution is 7.21. The summed E-state index contributed by atoms with van der Waals surface area (Å²) in [6.07, 6.45) is 4.62. The van der Waals surface area contributed by atoms with E-state index in [9.17, 15) is 4.79 Å². The Kier molecular flexibility index (Phi) is 4.19. The number of benzene rings is 1. The topological polar surface area (TPSA) is 46.4 Å². The minimum absolute atomic E-state index is 0.130. The third-order valence-corrected chi connectivity index (χ3v) is 5.80. The van der Waals surface area contributed by atoms with Crippen molar-refractivity contribution >= 4 is 44.6 Å². The second-order valence-corrected chi connectivity index (χ2v) is 7.33. The number of aryl methyl sites for hydroxylation is 1. The summed E-state index contributed by atoms with van der Waals surface area (Å²) in [5.41, 5.74) is 2.94. The second-order valence-electron chi connectivity index (χ2n) is 5.90. The first-order chi connectivity index (χ1) is 12.1. The molecule has 0 unspecified atom stereocenters. The maximum Gasteiger partial charge on any atom is 0.262 e. The number of aromatic nitrogens is 2. The van der Waals surface area contributed by atoms with Gasteiger partial charge in [0.05, 0.1) is 10.7 Å². The number of nitrogens with zero attached hydrogens (tertiary/aromatic N) is 2. The van der Waals surface area contributed by atoms with E-state index in [0.717, 1.165) is 27.0 Å². The number of carbonyl (C=O) groups excluding carboxylic acids is 1. The van der Waals surface area contributed by atoms with E-state index in [2.05, 4.69) is 10.3 Å². The van der Waals surface area contributed by atoms with Gasteiger partial charge in [0.2, 0.25) is 0 Å². The van der Waals surface area contributed by atoms with Crippen molar-refractivity contribution in [3.05, 3.63) is 69.9 Å². The molecule has 3 aromatic heterocycles. The van der Waals surface area contributed by atoms with E-state index in [1.807, 2.05) is 60.1 Å². The van der Waals surface area contributed by atoms with Gasteiger partial charge in [0.25, 0.3) is 5.91 Å². The van der Waals surface area contributed by atoms with Crippen LogP contribution < -0.4 is 5.32 Å². The SMILES string of the molecule is Cc1cccc2sc(C(=O)NCCc3cn4ccccc4n3)c(Cl)c12. The molecule has 0 fully saturated rings. The lowest BCUT2D eigenvalue weighted by Crippen LogP contribution is -2.25. The van der Waals surface area contributed by atoms with Crippen LogP contribution in [-0.4, -0.2) is 21.8 Å². The monoisotopic (exact) mass is 369 g/mol. The fourth-order valence-electron chi connectivity index (χ4n) is 2.91.